The normalized spacial score (nSPS) is 10.5. The third-order valence-corrected chi connectivity index (χ3v) is 5.97. The molecule has 0 saturated heterocycles. The monoisotopic (exact) mass is 419 g/mol. The molecule has 0 atom stereocenters. The van der Waals surface area contributed by atoms with Crippen molar-refractivity contribution >= 4 is 41.6 Å². The Morgan fingerprint density at radius 3 is 2.27 bits per heavy atom. The number of rotatable bonds is 6. The van der Waals surface area contributed by atoms with Gasteiger partial charge in [-0.25, -0.2) is 0 Å². The van der Waals surface area contributed by atoms with Crippen LogP contribution in [0, 0.1) is 6.92 Å². The summed E-state index contributed by atoms with van der Waals surface area (Å²) < 4.78 is 7.43. The van der Waals surface area contributed by atoms with Crippen LogP contribution in [0.1, 0.15) is 30.0 Å². The van der Waals surface area contributed by atoms with Crippen LogP contribution >= 0.6 is 27.5 Å². The molecule has 8 heteroatoms. The molecule has 0 fully saturated rings. The Morgan fingerprint density at radius 2 is 1.86 bits per heavy atom. The Hall–Kier alpha value is 0.697. The topological polar surface area (TPSA) is 54.3 Å². The van der Waals surface area contributed by atoms with Gasteiger partial charge in [-0.15, -0.1) is 0 Å². The number of carboxylic acids is 1. The van der Waals surface area contributed by atoms with E-state index in [2.05, 4.69) is 35.6 Å². The first-order valence-corrected chi connectivity index (χ1v) is 11.9. The molecule has 0 aliphatic carbocycles. The largest absolute Gasteiger partial charge is 1.00 e. The summed E-state index contributed by atoms with van der Waals surface area (Å²) in [6, 6.07) is 1.03. The van der Waals surface area contributed by atoms with Crippen molar-refractivity contribution in [2.24, 2.45) is 0 Å². The molecule has 22 heavy (non-hydrogen) atoms. The second kappa shape index (κ2) is 11.3. The Morgan fingerprint density at radius 1 is 1.36 bits per heavy atom. The number of nitrogens with zero attached hydrogens (tertiary/aromatic N) is 1. The quantitative estimate of drug-likeness (QED) is 0.508. The fraction of sp³-hybridized carbons (Fsp3) is 0.643. The van der Waals surface area contributed by atoms with Gasteiger partial charge in [0.25, 0.3) is 0 Å². The number of aromatic nitrogens is 1. The number of ether oxygens (including phenoxy) is 1. The van der Waals surface area contributed by atoms with E-state index in [0.29, 0.717) is 21.8 Å². The molecule has 4 nitrogen and oxygen atoms in total. The SMILES string of the molecule is CC.Cc1c(Cl)c(Br)c(C(=O)[O-])n1COCC[Si](C)(C)C.[Na+]. The van der Waals surface area contributed by atoms with Crippen LogP contribution in [0.3, 0.4) is 0 Å². The molecule has 1 aromatic rings. The zero-order valence-corrected chi connectivity index (χ0v) is 19.9. The summed E-state index contributed by atoms with van der Waals surface area (Å²) in [4.78, 5) is 11.1. The van der Waals surface area contributed by atoms with Gasteiger partial charge in [0.15, 0.2) is 0 Å². The smallest absolute Gasteiger partial charge is 0.543 e. The number of carbonyl (C=O) groups excluding carboxylic acids is 1. The van der Waals surface area contributed by atoms with E-state index in [-0.39, 0.29) is 42.0 Å². The van der Waals surface area contributed by atoms with Crippen molar-refractivity contribution in [2.75, 3.05) is 6.61 Å². The van der Waals surface area contributed by atoms with Gasteiger partial charge in [-0.3, -0.25) is 0 Å². The predicted molar refractivity (Wildman–Crippen MR) is 91.7 cm³/mol. The number of carbonyl (C=O) groups is 1. The zero-order chi connectivity index (χ0) is 16.8. The number of carboxylic acid groups (broad SMARTS) is 1. The predicted octanol–water partition coefficient (Wildman–Crippen LogP) is 0.918. The van der Waals surface area contributed by atoms with E-state index >= 15 is 0 Å². The standard InChI is InChI=1S/C12H19BrClNO3Si.C2H6.Na/c1-8-10(14)9(13)11(12(16)17)15(8)7-18-5-6-19(2,3)4;1-2;/h5-7H2,1-4H3,(H,16,17);1-2H3;/q;;+1/p-1. The van der Waals surface area contributed by atoms with Crippen molar-refractivity contribution in [3.8, 4) is 0 Å². The van der Waals surface area contributed by atoms with E-state index in [1.165, 1.54) is 4.57 Å². The van der Waals surface area contributed by atoms with Crippen molar-refractivity contribution in [1.82, 2.24) is 4.57 Å². The van der Waals surface area contributed by atoms with Crippen molar-refractivity contribution < 1.29 is 44.2 Å². The van der Waals surface area contributed by atoms with E-state index in [0.717, 1.165) is 6.04 Å². The molecule has 122 valence electrons. The molecule has 0 saturated carbocycles. The minimum Gasteiger partial charge on any atom is -0.543 e. The van der Waals surface area contributed by atoms with Gasteiger partial charge in [-0.1, -0.05) is 45.1 Å². The minimum atomic E-state index is -1.27. The summed E-state index contributed by atoms with van der Waals surface area (Å²) in [6.45, 7) is 13.3. The summed E-state index contributed by atoms with van der Waals surface area (Å²) in [6.07, 6.45) is 0. The maximum Gasteiger partial charge on any atom is 1.00 e. The van der Waals surface area contributed by atoms with Crippen LogP contribution in [0.4, 0.5) is 0 Å². The summed E-state index contributed by atoms with van der Waals surface area (Å²) >= 11 is 9.20. The Balaban J connectivity index is 0. The van der Waals surface area contributed by atoms with E-state index < -0.39 is 14.0 Å². The van der Waals surface area contributed by atoms with Crippen molar-refractivity contribution in [1.29, 1.82) is 0 Å². The van der Waals surface area contributed by atoms with Gasteiger partial charge in [0.05, 0.1) is 21.2 Å². The van der Waals surface area contributed by atoms with Gasteiger partial charge in [-0.2, -0.15) is 0 Å². The molecule has 0 radical (unpaired) electrons. The van der Waals surface area contributed by atoms with Crippen molar-refractivity contribution in [3.05, 3.63) is 20.9 Å². The average molecular weight is 421 g/mol. The van der Waals surface area contributed by atoms with Crippen LogP contribution in [0.5, 0.6) is 0 Å². The first-order chi connectivity index (χ1) is 9.65. The van der Waals surface area contributed by atoms with Crippen LogP contribution in [0.25, 0.3) is 0 Å². The number of aromatic carboxylic acids is 1. The zero-order valence-electron chi connectivity index (χ0n) is 14.5. The van der Waals surface area contributed by atoms with E-state index in [1.54, 1.807) is 6.92 Å². The molecule has 0 aliphatic rings. The summed E-state index contributed by atoms with van der Waals surface area (Å²) in [5.74, 6) is -1.27. The van der Waals surface area contributed by atoms with Crippen LogP contribution in [0.15, 0.2) is 4.47 Å². The van der Waals surface area contributed by atoms with Crippen molar-refractivity contribution in [2.45, 2.75) is 53.2 Å². The third-order valence-electron chi connectivity index (χ3n) is 2.80. The first kappa shape index (κ1) is 24.9. The molecule has 0 spiro atoms. The second-order valence-corrected chi connectivity index (χ2v) is 12.4. The summed E-state index contributed by atoms with van der Waals surface area (Å²) in [5.41, 5.74) is 0.677. The molecule has 0 amide bonds. The number of hydrogen-bond donors (Lipinski definition) is 0. The minimum absolute atomic E-state index is 0. The molecule has 0 aromatic carbocycles. The summed E-state index contributed by atoms with van der Waals surface area (Å²) in [7, 11) is -1.15. The van der Waals surface area contributed by atoms with Gasteiger partial charge in [0.1, 0.15) is 6.73 Å². The molecule has 0 unspecified atom stereocenters. The number of hydrogen-bond acceptors (Lipinski definition) is 3. The van der Waals surface area contributed by atoms with E-state index in [4.69, 9.17) is 16.3 Å². The molecule has 0 aliphatic heterocycles. The Labute approximate surface area is 170 Å². The Kier molecular flexibility index (Phi) is 12.8. The average Bonchev–Trinajstić information content (AvgIpc) is 2.60. The van der Waals surface area contributed by atoms with Crippen molar-refractivity contribution in [3.63, 3.8) is 0 Å². The Bertz CT molecular complexity index is 489. The van der Waals surface area contributed by atoms with Gasteiger partial charge in [-0.05, 0) is 28.9 Å². The van der Waals surface area contributed by atoms with Gasteiger partial charge >= 0.3 is 29.6 Å². The molecule has 0 bridgehead atoms. The molecule has 1 rings (SSSR count). The number of halogens is 2. The van der Waals surface area contributed by atoms with Gasteiger partial charge in [0.2, 0.25) is 0 Å². The van der Waals surface area contributed by atoms with Crippen LogP contribution in [0.2, 0.25) is 30.7 Å². The van der Waals surface area contributed by atoms with Crippen LogP contribution in [-0.2, 0) is 11.5 Å². The molecule has 0 N–H and O–H groups in total. The fourth-order valence-corrected chi connectivity index (χ4v) is 3.17. The van der Waals surface area contributed by atoms with Crippen LogP contribution < -0.4 is 34.7 Å². The summed E-state index contributed by atoms with van der Waals surface area (Å²) in [5, 5.41) is 11.5. The maximum atomic E-state index is 11.1. The molecule has 1 heterocycles. The van der Waals surface area contributed by atoms with Crippen LogP contribution in [-0.4, -0.2) is 25.2 Å². The second-order valence-electron chi connectivity index (χ2n) is 5.63. The molecule has 1 aromatic heterocycles. The van der Waals surface area contributed by atoms with Gasteiger partial charge in [0, 0.05) is 20.4 Å². The third kappa shape index (κ3) is 7.51. The van der Waals surface area contributed by atoms with Gasteiger partial charge < -0.3 is 19.2 Å². The molecular formula is C14H24BrClNNaO3Si. The fourth-order valence-electron chi connectivity index (χ4n) is 1.56. The molecular weight excluding hydrogens is 397 g/mol. The van der Waals surface area contributed by atoms with E-state index in [1.807, 2.05) is 13.8 Å². The van der Waals surface area contributed by atoms with E-state index in [9.17, 15) is 9.90 Å². The maximum absolute atomic E-state index is 11.1. The first-order valence-electron chi connectivity index (χ1n) is 6.98.